The number of likely N-dealkylation sites (tertiary alicyclic amines) is 1. The topological polar surface area (TPSA) is 45.1 Å². The van der Waals surface area contributed by atoms with E-state index in [4.69, 9.17) is 9.84 Å². The first-order valence-electron chi connectivity index (χ1n) is 10.2. The number of benzene rings is 2. The van der Waals surface area contributed by atoms with Gasteiger partial charge in [0, 0.05) is 23.9 Å². The zero-order chi connectivity index (χ0) is 20.2. The highest BCUT2D eigenvalue weighted by Gasteiger charge is 2.33. The van der Waals surface area contributed by atoms with Gasteiger partial charge >= 0.3 is 0 Å². The molecule has 0 bridgehead atoms. The molecule has 1 fully saturated rings. The maximum Gasteiger partial charge on any atom is 0.244 e. The average Bonchev–Trinajstić information content (AvgIpc) is 3.43. The van der Waals surface area contributed by atoms with Crippen molar-refractivity contribution in [3.05, 3.63) is 64.1 Å². The molecule has 1 amide bonds. The average molecular weight is 456 g/mol. The molecule has 0 aliphatic carbocycles. The Labute approximate surface area is 180 Å². The molecular weight excluding hydrogens is 430 g/mol. The predicted molar refractivity (Wildman–Crippen MR) is 118 cm³/mol. The van der Waals surface area contributed by atoms with E-state index in [9.17, 15) is 4.79 Å². The molecule has 2 aromatic rings. The van der Waals surface area contributed by atoms with E-state index >= 15 is 0 Å². The molecule has 2 aliphatic heterocycles. The van der Waals surface area contributed by atoms with Gasteiger partial charge in [0.15, 0.2) is 0 Å². The number of methoxy groups -OCH3 is 1. The van der Waals surface area contributed by atoms with E-state index in [-0.39, 0.29) is 11.9 Å². The van der Waals surface area contributed by atoms with Gasteiger partial charge in [0.2, 0.25) is 5.91 Å². The summed E-state index contributed by atoms with van der Waals surface area (Å²) in [7, 11) is 1.66. The van der Waals surface area contributed by atoms with Gasteiger partial charge in [-0.05, 0) is 61.3 Å². The second-order valence-corrected chi connectivity index (χ2v) is 8.50. The Balaban J connectivity index is 1.55. The number of hydrogen-bond donors (Lipinski definition) is 0. The van der Waals surface area contributed by atoms with Crippen molar-refractivity contribution >= 4 is 27.5 Å². The maximum atomic E-state index is 13.1. The highest BCUT2D eigenvalue weighted by molar-refractivity contribution is 9.10. The highest BCUT2D eigenvalue weighted by atomic mass is 79.9. The SMILES string of the molecule is COc1ccc([C@H]2CC(c3ccc(Br)cc3)=NN2C(=O)CCN2CCCC2)cc1. The molecule has 2 aliphatic rings. The Kier molecular flexibility index (Phi) is 6.31. The number of amides is 1. The van der Waals surface area contributed by atoms with Gasteiger partial charge in [0.1, 0.15) is 5.75 Å². The van der Waals surface area contributed by atoms with E-state index in [2.05, 4.69) is 20.8 Å². The van der Waals surface area contributed by atoms with Gasteiger partial charge in [-0.25, -0.2) is 5.01 Å². The minimum atomic E-state index is -0.0781. The summed E-state index contributed by atoms with van der Waals surface area (Å²) in [5.41, 5.74) is 3.09. The van der Waals surface area contributed by atoms with Crippen molar-refractivity contribution in [3.8, 4) is 5.75 Å². The van der Waals surface area contributed by atoms with Crippen LogP contribution in [0, 0.1) is 0 Å². The third-order valence-corrected chi connectivity index (χ3v) is 6.21. The van der Waals surface area contributed by atoms with Gasteiger partial charge < -0.3 is 9.64 Å². The molecule has 6 heteroatoms. The smallest absolute Gasteiger partial charge is 0.244 e. The number of carbonyl (C=O) groups is 1. The summed E-state index contributed by atoms with van der Waals surface area (Å²) < 4.78 is 6.32. The van der Waals surface area contributed by atoms with Crippen LogP contribution < -0.4 is 4.74 Å². The molecule has 1 saturated heterocycles. The first kappa shape index (κ1) is 20.1. The van der Waals surface area contributed by atoms with Crippen molar-refractivity contribution < 1.29 is 9.53 Å². The summed E-state index contributed by atoms with van der Waals surface area (Å²) in [4.78, 5) is 15.5. The van der Waals surface area contributed by atoms with Crippen LogP contribution in [0.1, 0.15) is 42.9 Å². The van der Waals surface area contributed by atoms with Gasteiger partial charge in [0.05, 0.1) is 18.9 Å². The molecule has 0 spiro atoms. The van der Waals surface area contributed by atoms with Crippen LogP contribution >= 0.6 is 15.9 Å². The molecule has 4 rings (SSSR count). The van der Waals surface area contributed by atoms with Gasteiger partial charge in [-0.2, -0.15) is 5.10 Å². The molecule has 2 heterocycles. The van der Waals surface area contributed by atoms with E-state index < -0.39 is 0 Å². The summed E-state index contributed by atoms with van der Waals surface area (Å²) in [6.45, 7) is 3.01. The quantitative estimate of drug-likeness (QED) is 0.637. The molecule has 29 heavy (non-hydrogen) atoms. The maximum absolute atomic E-state index is 13.1. The highest BCUT2D eigenvalue weighted by Crippen LogP contribution is 2.34. The van der Waals surface area contributed by atoms with Crippen molar-refractivity contribution in [1.29, 1.82) is 0 Å². The van der Waals surface area contributed by atoms with Gasteiger partial charge in [-0.1, -0.05) is 40.2 Å². The van der Waals surface area contributed by atoms with E-state index in [1.54, 1.807) is 12.1 Å². The summed E-state index contributed by atoms with van der Waals surface area (Å²) in [6, 6.07) is 16.0. The number of ether oxygens (including phenoxy) is 1. The van der Waals surface area contributed by atoms with E-state index in [1.807, 2.05) is 48.5 Å². The minimum Gasteiger partial charge on any atom is -0.497 e. The molecule has 0 radical (unpaired) electrons. The lowest BCUT2D eigenvalue weighted by molar-refractivity contribution is -0.133. The second-order valence-electron chi connectivity index (χ2n) is 7.58. The van der Waals surface area contributed by atoms with Gasteiger partial charge in [0.25, 0.3) is 0 Å². The Morgan fingerprint density at radius 1 is 1.10 bits per heavy atom. The minimum absolute atomic E-state index is 0.0781. The van der Waals surface area contributed by atoms with E-state index in [1.165, 1.54) is 12.8 Å². The Morgan fingerprint density at radius 3 is 2.45 bits per heavy atom. The zero-order valence-corrected chi connectivity index (χ0v) is 18.3. The van der Waals surface area contributed by atoms with E-state index in [0.717, 1.165) is 46.7 Å². The normalized spacial score (nSPS) is 19.4. The van der Waals surface area contributed by atoms with Crippen LogP contribution in [-0.4, -0.2) is 48.3 Å². The van der Waals surface area contributed by atoms with Gasteiger partial charge in [-0.3, -0.25) is 4.79 Å². The molecule has 152 valence electrons. The number of hydrazone groups is 1. The molecule has 1 atom stereocenters. The van der Waals surface area contributed by atoms with Crippen molar-refractivity contribution in [2.45, 2.75) is 31.7 Å². The van der Waals surface area contributed by atoms with Crippen LogP contribution in [0.2, 0.25) is 0 Å². The van der Waals surface area contributed by atoms with Crippen molar-refractivity contribution in [2.75, 3.05) is 26.7 Å². The monoisotopic (exact) mass is 455 g/mol. The molecular formula is C23H26BrN3O2. The van der Waals surface area contributed by atoms with Crippen LogP contribution in [0.25, 0.3) is 0 Å². The van der Waals surface area contributed by atoms with Crippen molar-refractivity contribution in [3.63, 3.8) is 0 Å². The number of halogens is 1. The summed E-state index contributed by atoms with van der Waals surface area (Å²) >= 11 is 3.48. The van der Waals surface area contributed by atoms with Crippen LogP contribution in [0.4, 0.5) is 0 Å². The van der Waals surface area contributed by atoms with Crippen LogP contribution in [0.15, 0.2) is 58.1 Å². The first-order valence-corrected chi connectivity index (χ1v) is 10.9. The Morgan fingerprint density at radius 2 is 1.79 bits per heavy atom. The van der Waals surface area contributed by atoms with Crippen LogP contribution in [0.5, 0.6) is 5.75 Å². The lowest BCUT2D eigenvalue weighted by atomic mass is 9.98. The molecule has 5 nitrogen and oxygen atoms in total. The van der Waals surface area contributed by atoms with Gasteiger partial charge in [-0.15, -0.1) is 0 Å². The molecule has 0 saturated carbocycles. The number of carbonyl (C=O) groups excluding carboxylic acids is 1. The van der Waals surface area contributed by atoms with Crippen molar-refractivity contribution in [1.82, 2.24) is 9.91 Å². The third kappa shape index (κ3) is 4.70. The fourth-order valence-corrected chi connectivity index (χ4v) is 4.28. The largest absolute Gasteiger partial charge is 0.497 e. The summed E-state index contributed by atoms with van der Waals surface area (Å²) in [5.74, 6) is 0.900. The number of hydrogen-bond acceptors (Lipinski definition) is 4. The van der Waals surface area contributed by atoms with E-state index in [0.29, 0.717) is 12.8 Å². The van der Waals surface area contributed by atoms with Crippen LogP contribution in [0.3, 0.4) is 0 Å². The van der Waals surface area contributed by atoms with Crippen LogP contribution in [-0.2, 0) is 4.79 Å². The Hall–Kier alpha value is -2.18. The zero-order valence-electron chi connectivity index (χ0n) is 16.7. The molecule has 2 aromatic carbocycles. The summed E-state index contributed by atoms with van der Waals surface area (Å²) in [6.07, 6.45) is 3.68. The number of rotatable bonds is 6. The molecule has 0 unspecified atom stereocenters. The molecule has 0 N–H and O–H groups in total. The lowest BCUT2D eigenvalue weighted by Gasteiger charge is -2.23. The fraction of sp³-hybridized carbons (Fsp3) is 0.391. The second kappa shape index (κ2) is 9.09. The lowest BCUT2D eigenvalue weighted by Crippen LogP contribution is -2.31. The van der Waals surface area contributed by atoms with Crippen molar-refractivity contribution in [2.24, 2.45) is 5.10 Å². The third-order valence-electron chi connectivity index (χ3n) is 5.68. The predicted octanol–water partition coefficient (Wildman–Crippen LogP) is 4.62. The standard InChI is InChI=1S/C23H26BrN3O2/c1-29-20-10-6-18(7-11-20)22-16-21(17-4-8-19(24)9-5-17)25-27(22)23(28)12-15-26-13-2-3-14-26/h4-11,22H,2-3,12-16H2,1H3/t22-/m1/s1. The molecule has 0 aromatic heterocycles. The number of nitrogens with zero attached hydrogens (tertiary/aromatic N) is 3. The Bertz CT molecular complexity index is 874. The fourth-order valence-electron chi connectivity index (χ4n) is 4.02. The summed E-state index contributed by atoms with van der Waals surface area (Å²) in [5, 5.41) is 6.47. The first-order chi connectivity index (χ1) is 14.1.